The van der Waals surface area contributed by atoms with Crippen molar-refractivity contribution in [2.45, 2.75) is 80.6 Å². The van der Waals surface area contributed by atoms with Gasteiger partial charge in [-0.25, -0.2) is 0 Å². The van der Waals surface area contributed by atoms with Gasteiger partial charge in [0.05, 0.1) is 16.9 Å². The van der Waals surface area contributed by atoms with Crippen molar-refractivity contribution in [2.75, 3.05) is 0 Å². The molecule has 0 spiro atoms. The van der Waals surface area contributed by atoms with Gasteiger partial charge in [-0.3, -0.25) is 0 Å². The molecule has 0 N–H and O–H groups in total. The standard InChI is InChI=1S/C24H40Si2/c1-11-16(2)15-25(24-20(6)18(4)19(5)21(24)7)22-12-17(3)13-23(14-22)26(8,9)10/h12-14,16,20,25H,11,15H2,1-10H3. The normalized spacial score (nSPS) is 20.8. The molecule has 2 heteroatoms. The Morgan fingerprint density at radius 2 is 1.62 bits per heavy atom. The van der Waals surface area contributed by atoms with Crippen LogP contribution in [0.2, 0.25) is 25.7 Å². The highest BCUT2D eigenvalue weighted by atomic mass is 28.3. The van der Waals surface area contributed by atoms with Crippen molar-refractivity contribution < 1.29 is 0 Å². The fourth-order valence-electron chi connectivity index (χ4n) is 4.42. The quantitative estimate of drug-likeness (QED) is 0.539. The van der Waals surface area contributed by atoms with E-state index in [2.05, 4.69) is 86.3 Å². The van der Waals surface area contributed by atoms with Crippen LogP contribution in [0.1, 0.15) is 53.5 Å². The van der Waals surface area contributed by atoms with Crippen molar-refractivity contribution in [3.63, 3.8) is 0 Å². The third-order valence-corrected chi connectivity index (χ3v) is 12.9. The maximum atomic E-state index is 2.62. The second-order valence-corrected chi connectivity index (χ2v) is 17.7. The van der Waals surface area contributed by atoms with Gasteiger partial charge in [0.15, 0.2) is 0 Å². The van der Waals surface area contributed by atoms with Gasteiger partial charge in [-0.2, -0.15) is 0 Å². The van der Waals surface area contributed by atoms with Gasteiger partial charge in [-0.05, 0) is 51.1 Å². The van der Waals surface area contributed by atoms with Gasteiger partial charge in [0.2, 0.25) is 0 Å². The van der Waals surface area contributed by atoms with Crippen molar-refractivity contribution in [1.29, 1.82) is 0 Å². The van der Waals surface area contributed by atoms with E-state index in [0.29, 0.717) is 5.92 Å². The van der Waals surface area contributed by atoms with Crippen molar-refractivity contribution >= 4 is 27.2 Å². The number of hydrogen-bond acceptors (Lipinski definition) is 0. The first kappa shape index (κ1) is 21.4. The highest BCUT2D eigenvalue weighted by Crippen LogP contribution is 2.39. The number of allylic oxidation sites excluding steroid dienone is 4. The minimum absolute atomic E-state index is 0.645. The predicted octanol–water partition coefficient (Wildman–Crippen LogP) is 5.86. The summed E-state index contributed by atoms with van der Waals surface area (Å²) in [6.07, 6.45) is 1.29. The van der Waals surface area contributed by atoms with Crippen LogP contribution in [0.4, 0.5) is 0 Å². The van der Waals surface area contributed by atoms with Crippen molar-refractivity contribution in [1.82, 2.24) is 0 Å². The van der Waals surface area contributed by atoms with E-state index >= 15 is 0 Å². The summed E-state index contributed by atoms with van der Waals surface area (Å²) in [5.74, 6) is 1.46. The zero-order valence-corrected chi connectivity index (χ0v) is 21.0. The van der Waals surface area contributed by atoms with Gasteiger partial charge < -0.3 is 0 Å². The summed E-state index contributed by atoms with van der Waals surface area (Å²) in [4.78, 5) is 0. The Morgan fingerprint density at radius 3 is 2.08 bits per heavy atom. The van der Waals surface area contributed by atoms with E-state index < -0.39 is 16.9 Å². The number of benzene rings is 1. The van der Waals surface area contributed by atoms with E-state index in [1.165, 1.54) is 18.0 Å². The van der Waals surface area contributed by atoms with Crippen LogP contribution < -0.4 is 10.4 Å². The summed E-state index contributed by atoms with van der Waals surface area (Å²) >= 11 is 0. The lowest BCUT2D eigenvalue weighted by Gasteiger charge is -2.28. The van der Waals surface area contributed by atoms with Crippen molar-refractivity contribution in [2.24, 2.45) is 11.8 Å². The van der Waals surface area contributed by atoms with Crippen LogP contribution in [-0.4, -0.2) is 16.9 Å². The molecule has 1 aromatic rings. The molecular formula is C24H40Si2. The number of hydrogen-bond donors (Lipinski definition) is 0. The summed E-state index contributed by atoms with van der Waals surface area (Å²) < 4.78 is 0. The molecule has 0 saturated heterocycles. The number of rotatable bonds is 6. The van der Waals surface area contributed by atoms with Crippen LogP contribution in [0.3, 0.4) is 0 Å². The zero-order valence-electron chi connectivity index (χ0n) is 18.9. The molecule has 0 radical (unpaired) electrons. The summed E-state index contributed by atoms with van der Waals surface area (Å²) in [5.41, 5.74) is 6.25. The molecule has 2 rings (SSSR count). The second-order valence-electron chi connectivity index (χ2n) is 9.79. The Kier molecular flexibility index (Phi) is 6.61. The van der Waals surface area contributed by atoms with Gasteiger partial charge in [0.1, 0.15) is 0 Å². The highest BCUT2D eigenvalue weighted by Gasteiger charge is 2.32. The van der Waals surface area contributed by atoms with E-state index in [4.69, 9.17) is 0 Å². The fraction of sp³-hybridized carbons (Fsp3) is 0.583. The lowest BCUT2D eigenvalue weighted by Crippen LogP contribution is -2.44. The van der Waals surface area contributed by atoms with Gasteiger partial charge >= 0.3 is 0 Å². The van der Waals surface area contributed by atoms with E-state index in [-0.39, 0.29) is 0 Å². The first-order valence-corrected chi connectivity index (χ1v) is 15.9. The second kappa shape index (κ2) is 8.02. The number of aryl methyl sites for hydroxylation is 1. The lowest BCUT2D eigenvalue weighted by molar-refractivity contribution is 0.619. The molecule has 0 fully saturated rings. The molecule has 0 amide bonds. The fourth-order valence-corrected chi connectivity index (χ4v) is 10.3. The first-order chi connectivity index (χ1) is 12.0. The van der Waals surface area contributed by atoms with Crippen LogP contribution in [0.25, 0.3) is 0 Å². The largest absolute Gasteiger partial charge is 0.0990 e. The van der Waals surface area contributed by atoms with Crippen LogP contribution in [0.15, 0.2) is 40.1 Å². The average Bonchev–Trinajstić information content (AvgIpc) is 2.75. The minimum Gasteiger partial charge on any atom is -0.0690 e. The molecule has 3 unspecified atom stereocenters. The van der Waals surface area contributed by atoms with Crippen molar-refractivity contribution in [3.05, 3.63) is 45.7 Å². The molecule has 0 nitrogen and oxygen atoms in total. The Bertz CT molecular complexity index is 731. The molecule has 0 bridgehead atoms. The molecule has 0 heterocycles. The van der Waals surface area contributed by atoms with Gasteiger partial charge in [0, 0.05) is 0 Å². The molecule has 1 aliphatic carbocycles. The van der Waals surface area contributed by atoms with Crippen LogP contribution >= 0.6 is 0 Å². The molecule has 0 aliphatic heterocycles. The Labute approximate surface area is 165 Å². The minimum atomic E-state index is -1.30. The molecule has 26 heavy (non-hydrogen) atoms. The maximum absolute atomic E-state index is 2.62. The molecule has 1 aliphatic rings. The maximum Gasteiger partial charge on any atom is 0.0990 e. The topological polar surface area (TPSA) is 0 Å². The third kappa shape index (κ3) is 4.33. The molecule has 0 saturated carbocycles. The van der Waals surface area contributed by atoms with E-state index in [0.717, 1.165) is 5.92 Å². The predicted molar refractivity (Wildman–Crippen MR) is 125 cm³/mol. The van der Waals surface area contributed by atoms with Crippen LogP contribution in [0, 0.1) is 18.8 Å². The Balaban J connectivity index is 2.60. The van der Waals surface area contributed by atoms with E-state index in [1.54, 1.807) is 27.1 Å². The SMILES string of the molecule is CCC(C)C[SiH](C1=C(C)C(C)=C(C)C1C)c1cc(C)cc([Si](C)(C)C)c1. The molecular weight excluding hydrogens is 344 g/mol. The van der Waals surface area contributed by atoms with E-state index in [1.807, 2.05) is 5.20 Å². The summed E-state index contributed by atoms with van der Waals surface area (Å²) in [6, 6.07) is 9.01. The zero-order chi connectivity index (χ0) is 19.8. The molecule has 144 valence electrons. The first-order valence-electron chi connectivity index (χ1n) is 10.5. The third-order valence-electron chi connectivity index (χ3n) is 6.78. The van der Waals surface area contributed by atoms with Crippen LogP contribution in [0.5, 0.6) is 0 Å². The monoisotopic (exact) mass is 384 g/mol. The van der Waals surface area contributed by atoms with Crippen molar-refractivity contribution in [3.8, 4) is 0 Å². The smallest absolute Gasteiger partial charge is 0.0690 e. The summed E-state index contributed by atoms with van der Waals surface area (Å²) in [6.45, 7) is 24.1. The molecule has 0 aromatic heterocycles. The van der Waals surface area contributed by atoms with E-state index in [9.17, 15) is 0 Å². The molecule has 3 atom stereocenters. The summed E-state index contributed by atoms with van der Waals surface area (Å²) in [7, 11) is -2.48. The average molecular weight is 385 g/mol. The molecule has 1 aromatic carbocycles. The summed E-state index contributed by atoms with van der Waals surface area (Å²) in [5, 5.41) is 5.17. The highest BCUT2D eigenvalue weighted by molar-refractivity contribution is 6.89. The Hall–Kier alpha value is -0.866. The Morgan fingerprint density at radius 1 is 1.00 bits per heavy atom. The van der Waals surface area contributed by atoms with Gasteiger partial charge in [0.25, 0.3) is 0 Å². The van der Waals surface area contributed by atoms with Gasteiger partial charge in [-0.1, -0.05) is 97.3 Å². The lowest BCUT2D eigenvalue weighted by atomic mass is 10.1. The van der Waals surface area contributed by atoms with Gasteiger partial charge in [-0.15, -0.1) is 0 Å². The van der Waals surface area contributed by atoms with Crippen LogP contribution in [-0.2, 0) is 0 Å².